The van der Waals surface area contributed by atoms with Gasteiger partial charge in [-0.2, -0.15) is 0 Å². The van der Waals surface area contributed by atoms with Gasteiger partial charge >= 0.3 is 0 Å². The maximum Gasteiger partial charge on any atom is 0.227 e. The van der Waals surface area contributed by atoms with Gasteiger partial charge in [-0.25, -0.2) is 0 Å². The first-order valence-corrected chi connectivity index (χ1v) is 5.18. The van der Waals surface area contributed by atoms with E-state index in [2.05, 4.69) is 0 Å². The van der Waals surface area contributed by atoms with Gasteiger partial charge in [0.15, 0.2) is 0 Å². The summed E-state index contributed by atoms with van der Waals surface area (Å²) in [6.07, 6.45) is 0.463. The van der Waals surface area contributed by atoms with Crippen LogP contribution < -0.4 is 4.90 Å². The fourth-order valence-corrected chi connectivity index (χ4v) is 1.95. The number of aryl methyl sites for hydroxylation is 1. The molecule has 0 saturated carbocycles. The Hall–Kier alpha value is -1.35. The lowest BCUT2D eigenvalue weighted by atomic mass is 10.1. The molecule has 1 aromatic carbocycles. The molecule has 80 valence electrons. The number of aliphatic hydroxyl groups is 1. The van der Waals surface area contributed by atoms with Gasteiger partial charge in [-0.15, -0.1) is 0 Å². The average Bonchev–Trinajstić information content (AvgIpc) is 2.60. The molecule has 1 aromatic rings. The molecule has 15 heavy (non-hydrogen) atoms. The molecule has 1 aliphatic rings. The topological polar surface area (TPSA) is 40.5 Å². The number of hydrogen-bond acceptors (Lipinski definition) is 2. The van der Waals surface area contributed by atoms with Crippen LogP contribution in [-0.4, -0.2) is 24.2 Å². The second kappa shape index (κ2) is 4.03. The largest absolute Gasteiger partial charge is 0.396 e. The van der Waals surface area contributed by atoms with Crippen molar-refractivity contribution in [2.45, 2.75) is 13.3 Å². The maximum atomic E-state index is 11.7. The smallest absolute Gasteiger partial charge is 0.227 e. The number of carbonyl (C=O) groups is 1. The van der Waals surface area contributed by atoms with E-state index < -0.39 is 0 Å². The Labute approximate surface area is 89.3 Å². The normalized spacial score (nSPS) is 21.1. The van der Waals surface area contributed by atoms with Crippen molar-refractivity contribution in [3.8, 4) is 0 Å². The molecule has 1 amide bonds. The highest BCUT2D eigenvalue weighted by molar-refractivity contribution is 5.95. The summed E-state index contributed by atoms with van der Waals surface area (Å²) in [7, 11) is 0. The number of amides is 1. The van der Waals surface area contributed by atoms with Crippen molar-refractivity contribution in [3.05, 3.63) is 29.8 Å². The lowest BCUT2D eigenvalue weighted by molar-refractivity contribution is -0.117. The maximum absolute atomic E-state index is 11.7. The van der Waals surface area contributed by atoms with Gasteiger partial charge < -0.3 is 10.0 Å². The Morgan fingerprint density at radius 2 is 2.33 bits per heavy atom. The summed E-state index contributed by atoms with van der Waals surface area (Å²) in [6.45, 7) is 2.74. The number of hydrogen-bond donors (Lipinski definition) is 1. The summed E-state index contributed by atoms with van der Waals surface area (Å²) in [4.78, 5) is 13.4. The molecule has 3 heteroatoms. The lowest BCUT2D eigenvalue weighted by Gasteiger charge is -2.16. The molecule has 1 heterocycles. The third-order valence-corrected chi connectivity index (χ3v) is 2.78. The number of benzene rings is 1. The lowest BCUT2D eigenvalue weighted by Crippen LogP contribution is -2.24. The summed E-state index contributed by atoms with van der Waals surface area (Å²) < 4.78 is 0. The molecule has 0 aromatic heterocycles. The zero-order valence-electron chi connectivity index (χ0n) is 8.81. The number of anilines is 1. The highest BCUT2D eigenvalue weighted by Crippen LogP contribution is 2.25. The van der Waals surface area contributed by atoms with Crippen LogP contribution in [0.5, 0.6) is 0 Å². The Bertz CT molecular complexity index is 376. The van der Waals surface area contributed by atoms with Gasteiger partial charge in [-0.05, 0) is 24.6 Å². The molecule has 0 bridgehead atoms. The number of nitrogens with zero attached hydrogens (tertiary/aromatic N) is 1. The van der Waals surface area contributed by atoms with E-state index in [9.17, 15) is 4.79 Å². The minimum Gasteiger partial charge on any atom is -0.396 e. The number of carbonyl (C=O) groups excluding carboxylic acids is 1. The molecule has 0 spiro atoms. The van der Waals surface area contributed by atoms with Crippen LogP contribution in [0.25, 0.3) is 0 Å². The minimum absolute atomic E-state index is 0.0913. The molecule has 3 nitrogen and oxygen atoms in total. The van der Waals surface area contributed by atoms with Crippen LogP contribution in [0.2, 0.25) is 0 Å². The Kier molecular flexibility index (Phi) is 2.73. The molecule has 1 aliphatic heterocycles. The van der Waals surface area contributed by atoms with E-state index in [1.54, 1.807) is 4.90 Å². The van der Waals surface area contributed by atoms with Crippen molar-refractivity contribution in [2.24, 2.45) is 5.92 Å². The summed E-state index contributed by atoms with van der Waals surface area (Å²) in [5, 5.41) is 9.02. The zero-order valence-corrected chi connectivity index (χ0v) is 8.81. The van der Waals surface area contributed by atoms with E-state index in [0.717, 1.165) is 11.3 Å². The zero-order chi connectivity index (χ0) is 10.8. The average molecular weight is 205 g/mol. The van der Waals surface area contributed by atoms with E-state index in [1.165, 1.54) is 0 Å². The molecular weight excluding hydrogens is 190 g/mol. The summed E-state index contributed by atoms with van der Waals surface area (Å²) in [5.41, 5.74) is 2.09. The van der Waals surface area contributed by atoms with Crippen LogP contribution in [0, 0.1) is 12.8 Å². The van der Waals surface area contributed by atoms with Gasteiger partial charge in [-0.1, -0.05) is 12.1 Å². The van der Waals surface area contributed by atoms with Gasteiger partial charge in [-0.3, -0.25) is 4.79 Å². The van der Waals surface area contributed by atoms with Crippen LogP contribution in [0.15, 0.2) is 24.3 Å². The van der Waals surface area contributed by atoms with Crippen molar-refractivity contribution in [1.29, 1.82) is 0 Å². The molecular formula is C12H15NO2. The first kappa shape index (κ1) is 10.2. The van der Waals surface area contributed by atoms with Crippen LogP contribution in [0.4, 0.5) is 5.69 Å². The van der Waals surface area contributed by atoms with E-state index in [0.29, 0.717) is 13.0 Å². The van der Waals surface area contributed by atoms with Crippen molar-refractivity contribution in [1.82, 2.24) is 0 Å². The van der Waals surface area contributed by atoms with E-state index >= 15 is 0 Å². The number of rotatable bonds is 2. The summed E-state index contributed by atoms with van der Waals surface area (Å²) in [6, 6.07) is 7.89. The fourth-order valence-electron chi connectivity index (χ4n) is 1.95. The monoisotopic (exact) mass is 205 g/mol. The third kappa shape index (κ3) is 2.02. The fraction of sp³-hybridized carbons (Fsp3) is 0.417. The standard InChI is InChI=1S/C12H15NO2/c1-9-3-2-4-11(5-9)13-7-10(8-14)6-12(13)15/h2-5,10,14H,6-8H2,1H3. The van der Waals surface area contributed by atoms with Gasteiger partial charge in [0.1, 0.15) is 0 Å². The van der Waals surface area contributed by atoms with Gasteiger partial charge in [0.05, 0.1) is 0 Å². The second-order valence-electron chi connectivity index (χ2n) is 4.10. The summed E-state index contributed by atoms with van der Waals surface area (Å²) >= 11 is 0. The first-order chi connectivity index (χ1) is 7.20. The minimum atomic E-state index is 0.0913. The van der Waals surface area contributed by atoms with Crippen LogP contribution >= 0.6 is 0 Å². The van der Waals surface area contributed by atoms with Gasteiger partial charge in [0, 0.05) is 31.2 Å². The highest BCUT2D eigenvalue weighted by Gasteiger charge is 2.29. The SMILES string of the molecule is Cc1cccc(N2CC(CO)CC2=O)c1. The van der Waals surface area contributed by atoms with Crippen LogP contribution in [0.3, 0.4) is 0 Å². The molecule has 2 rings (SSSR count). The second-order valence-corrected chi connectivity index (χ2v) is 4.10. The highest BCUT2D eigenvalue weighted by atomic mass is 16.3. The molecule has 1 atom stereocenters. The first-order valence-electron chi connectivity index (χ1n) is 5.18. The predicted octanol–water partition coefficient (Wildman–Crippen LogP) is 1.34. The van der Waals surface area contributed by atoms with E-state index in [4.69, 9.17) is 5.11 Å². The quantitative estimate of drug-likeness (QED) is 0.791. The Balaban J connectivity index is 2.21. The molecule has 0 radical (unpaired) electrons. The third-order valence-electron chi connectivity index (χ3n) is 2.78. The van der Waals surface area contributed by atoms with Crippen molar-refractivity contribution in [2.75, 3.05) is 18.1 Å². The van der Waals surface area contributed by atoms with Crippen molar-refractivity contribution >= 4 is 11.6 Å². The van der Waals surface area contributed by atoms with Crippen molar-refractivity contribution in [3.63, 3.8) is 0 Å². The summed E-state index contributed by atoms with van der Waals surface area (Å²) in [5.74, 6) is 0.206. The van der Waals surface area contributed by atoms with Gasteiger partial charge in [0.25, 0.3) is 0 Å². The number of aliphatic hydroxyl groups excluding tert-OH is 1. The predicted molar refractivity (Wildman–Crippen MR) is 58.7 cm³/mol. The van der Waals surface area contributed by atoms with E-state index in [1.807, 2.05) is 31.2 Å². The molecule has 1 unspecified atom stereocenters. The molecule has 1 fully saturated rings. The van der Waals surface area contributed by atoms with Crippen LogP contribution in [0.1, 0.15) is 12.0 Å². The molecule has 0 aliphatic carbocycles. The van der Waals surface area contributed by atoms with Gasteiger partial charge in [0.2, 0.25) is 5.91 Å². The van der Waals surface area contributed by atoms with Crippen LogP contribution in [-0.2, 0) is 4.79 Å². The van der Waals surface area contributed by atoms with Crippen molar-refractivity contribution < 1.29 is 9.90 Å². The Morgan fingerprint density at radius 1 is 1.53 bits per heavy atom. The molecule has 1 N–H and O–H groups in total. The van der Waals surface area contributed by atoms with E-state index in [-0.39, 0.29) is 18.4 Å². The Morgan fingerprint density at radius 3 is 2.93 bits per heavy atom. The molecule has 1 saturated heterocycles.